The van der Waals surface area contributed by atoms with Crippen LogP contribution in [-0.2, 0) is 0 Å². The maximum absolute atomic E-state index is 12.4. The van der Waals surface area contributed by atoms with Gasteiger partial charge in [-0.15, -0.1) is 21.5 Å². The molecular formula is C19H17ClN4OS. The molecule has 1 aliphatic heterocycles. The van der Waals surface area contributed by atoms with Crippen LogP contribution in [0, 0.1) is 0 Å². The summed E-state index contributed by atoms with van der Waals surface area (Å²) in [6.07, 6.45) is 0. The van der Waals surface area contributed by atoms with E-state index in [1.165, 1.54) is 11.3 Å². The molecule has 4 rings (SSSR count). The van der Waals surface area contributed by atoms with E-state index in [4.69, 9.17) is 11.6 Å². The van der Waals surface area contributed by atoms with Crippen LogP contribution >= 0.6 is 22.9 Å². The lowest BCUT2D eigenvalue weighted by molar-refractivity contribution is 0.0751. The summed E-state index contributed by atoms with van der Waals surface area (Å²) >= 11 is 7.70. The van der Waals surface area contributed by atoms with Crippen LogP contribution in [0.2, 0.25) is 5.02 Å². The lowest BCUT2D eigenvalue weighted by Crippen LogP contribution is -2.48. The standard InChI is InChI=1S/C19H17ClN4OS/c20-15-5-2-1-4-14(15)16-7-8-18(22-21-16)23-9-11-24(12-10-23)19(25)17-6-3-13-26-17/h1-8,13H,9-12H2. The Morgan fingerprint density at radius 3 is 2.42 bits per heavy atom. The largest absolute Gasteiger partial charge is 0.352 e. The predicted molar refractivity (Wildman–Crippen MR) is 105 cm³/mol. The maximum atomic E-state index is 12.4. The van der Waals surface area contributed by atoms with E-state index < -0.39 is 0 Å². The number of anilines is 1. The number of hydrogen-bond donors (Lipinski definition) is 0. The van der Waals surface area contributed by atoms with Crippen LogP contribution in [0.25, 0.3) is 11.3 Å². The molecule has 0 radical (unpaired) electrons. The molecule has 0 bridgehead atoms. The average molecular weight is 385 g/mol. The number of benzene rings is 1. The Kier molecular flexibility index (Phi) is 4.86. The third-order valence-corrected chi connectivity index (χ3v) is 5.61. The monoisotopic (exact) mass is 384 g/mol. The molecule has 0 unspecified atom stereocenters. The molecule has 26 heavy (non-hydrogen) atoms. The fourth-order valence-corrected chi connectivity index (χ4v) is 3.92. The van der Waals surface area contributed by atoms with Gasteiger partial charge in [0.2, 0.25) is 0 Å². The molecule has 0 aliphatic carbocycles. The van der Waals surface area contributed by atoms with Gasteiger partial charge < -0.3 is 9.80 Å². The fraction of sp³-hybridized carbons (Fsp3) is 0.211. The Labute approximate surface area is 160 Å². The molecule has 0 atom stereocenters. The lowest BCUT2D eigenvalue weighted by Gasteiger charge is -2.35. The molecule has 1 aliphatic rings. The SMILES string of the molecule is O=C(c1cccs1)N1CCN(c2ccc(-c3ccccc3Cl)nn2)CC1. The number of nitrogens with zero attached hydrogens (tertiary/aromatic N) is 4. The van der Waals surface area contributed by atoms with Gasteiger partial charge in [-0.3, -0.25) is 4.79 Å². The second-order valence-electron chi connectivity index (χ2n) is 6.01. The first kappa shape index (κ1) is 17.0. The number of carbonyl (C=O) groups is 1. The molecule has 1 amide bonds. The second-order valence-corrected chi connectivity index (χ2v) is 7.37. The zero-order chi connectivity index (χ0) is 17.9. The van der Waals surface area contributed by atoms with Crippen LogP contribution in [0.4, 0.5) is 5.82 Å². The van der Waals surface area contributed by atoms with Crippen molar-refractivity contribution in [2.24, 2.45) is 0 Å². The van der Waals surface area contributed by atoms with Gasteiger partial charge in [-0.25, -0.2) is 0 Å². The van der Waals surface area contributed by atoms with E-state index in [9.17, 15) is 4.79 Å². The number of hydrogen-bond acceptors (Lipinski definition) is 5. The molecule has 5 nitrogen and oxygen atoms in total. The Hall–Kier alpha value is -2.44. The number of aromatic nitrogens is 2. The first-order valence-corrected chi connectivity index (χ1v) is 9.64. The van der Waals surface area contributed by atoms with Crippen molar-refractivity contribution in [3.05, 3.63) is 63.8 Å². The minimum absolute atomic E-state index is 0.111. The third-order valence-electron chi connectivity index (χ3n) is 4.42. The summed E-state index contributed by atoms with van der Waals surface area (Å²) in [4.78, 5) is 17.3. The van der Waals surface area contributed by atoms with Crippen LogP contribution < -0.4 is 4.90 Å². The molecule has 0 N–H and O–H groups in total. The van der Waals surface area contributed by atoms with Crippen molar-refractivity contribution >= 4 is 34.7 Å². The van der Waals surface area contributed by atoms with Gasteiger partial charge in [0.25, 0.3) is 5.91 Å². The van der Waals surface area contributed by atoms with Gasteiger partial charge >= 0.3 is 0 Å². The van der Waals surface area contributed by atoms with Crippen molar-refractivity contribution in [2.75, 3.05) is 31.1 Å². The van der Waals surface area contributed by atoms with Crippen LogP contribution in [0.1, 0.15) is 9.67 Å². The van der Waals surface area contributed by atoms with Crippen LogP contribution in [0.5, 0.6) is 0 Å². The molecule has 7 heteroatoms. The van der Waals surface area contributed by atoms with E-state index in [2.05, 4.69) is 15.1 Å². The molecule has 2 aromatic heterocycles. The van der Waals surface area contributed by atoms with Gasteiger partial charge in [0.1, 0.15) is 0 Å². The Balaban J connectivity index is 1.42. The zero-order valence-corrected chi connectivity index (χ0v) is 15.6. The van der Waals surface area contributed by atoms with Crippen molar-refractivity contribution in [3.63, 3.8) is 0 Å². The highest BCUT2D eigenvalue weighted by Crippen LogP contribution is 2.26. The van der Waals surface area contributed by atoms with Crippen molar-refractivity contribution in [3.8, 4) is 11.3 Å². The normalized spacial score (nSPS) is 14.5. The van der Waals surface area contributed by atoms with E-state index in [0.717, 1.165) is 35.0 Å². The highest BCUT2D eigenvalue weighted by atomic mass is 35.5. The zero-order valence-electron chi connectivity index (χ0n) is 14.0. The Bertz CT molecular complexity index is 890. The highest BCUT2D eigenvalue weighted by molar-refractivity contribution is 7.12. The summed E-state index contributed by atoms with van der Waals surface area (Å²) in [5.41, 5.74) is 1.63. The summed E-state index contributed by atoms with van der Waals surface area (Å²) in [6, 6.07) is 15.3. The Morgan fingerprint density at radius 2 is 1.77 bits per heavy atom. The van der Waals surface area contributed by atoms with Crippen LogP contribution in [-0.4, -0.2) is 47.2 Å². The topological polar surface area (TPSA) is 49.3 Å². The molecule has 1 aromatic carbocycles. The van der Waals surface area contributed by atoms with Gasteiger partial charge in [0, 0.05) is 31.7 Å². The van der Waals surface area contributed by atoms with Gasteiger partial charge in [0.05, 0.1) is 15.6 Å². The number of rotatable bonds is 3. The van der Waals surface area contributed by atoms with Crippen molar-refractivity contribution in [1.82, 2.24) is 15.1 Å². The number of halogens is 1. The molecule has 1 saturated heterocycles. The molecule has 1 fully saturated rings. The van der Waals surface area contributed by atoms with E-state index in [-0.39, 0.29) is 5.91 Å². The molecule has 3 aromatic rings. The van der Waals surface area contributed by atoms with Crippen LogP contribution in [0.3, 0.4) is 0 Å². The van der Waals surface area contributed by atoms with Crippen molar-refractivity contribution in [1.29, 1.82) is 0 Å². The van der Waals surface area contributed by atoms with Gasteiger partial charge in [-0.1, -0.05) is 35.9 Å². The van der Waals surface area contributed by atoms with Crippen molar-refractivity contribution < 1.29 is 4.79 Å². The predicted octanol–water partition coefficient (Wildman–Crippen LogP) is 3.82. The average Bonchev–Trinajstić information content (AvgIpc) is 3.23. The van der Waals surface area contributed by atoms with E-state index in [1.807, 2.05) is 58.8 Å². The first-order valence-electron chi connectivity index (χ1n) is 8.39. The maximum Gasteiger partial charge on any atom is 0.264 e. The minimum atomic E-state index is 0.111. The number of piperazine rings is 1. The van der Waals surface area contributed by atoms with Crippen LogP contribution in [0.15, 0.2) is 53.9 Å². The molecular weight excluding hydrogens is 368 g/mol. The second kappa shape index (κ2) is 7.43. The number of amides is 1. The highest BCUT2D eigenvalue weighted by Gasteiger charge is 2.23. The smallest absolute Gasteiger partial charge is 0.264 e. The summed E-state index contributed by atoms with van der Waals surface area (Å²) in [6.45, 7) is 2.86. The summed E-state index contributed by atoms with van der Waals surface area (Å²) in [7, 11) is 0. The third kappa shape index (κ3) is 3.43. The summed E-state index contributed by atoms with van der Waals surface area (Å²) in [5, 5.41) is 11.3. The van der Waals surface area contributed by atoms with E-state index in [1.54, 1.807) is 0 Å². The first-order chi connectivity index (χ1) is 12.7. The molecule has 0 spiro atoms. The summed E-state index contributed by atoms with van der Waals surface area (Å²) in [5.74, 6) is 0.934. The molecule has 3 heterocycles. The Morgan fingerprint density at radius 1 is 0.962 bits per heavy atom. The minimum Gasteiger partial charge on any atom is -0.352 e. The van der Waals surface area contributed by atoms with Gasteiger partial charge in [0.15, 0.2) is 5.82 Å². The van der Waals surface area contributed by atoms with Gasteiger partial charge in [-0.05, 0) is 29.6 Å². The lowest BCUT2D eigenvalue weighted by atomic mass is 10.1. The number of thiophene rings is 1. The number of carbonyl (C=O) groups excluding carboxylic acids is 1. The molecule has 132 valence electrons. The summed E-state index contributed by atoms with van der Waals surface area (Å²) < 4.78 is 0. The van der Waals surface area contributed by atoms with Crippen molar-refractivity contribution in [2.45, 2.75) is 0 Å². The van der Waals surface area contributed by atoms with E-state index in [0.29, 0.717) is 18.1 Å². The fourth-order valence-electron chi connectivity index (χ4n) is 3.00. The molecule has 0 saturated carbocycles. The van der Waals surface area contributed by atoms with Gasteiger partial charge in [-0.2, -0.15) is 0 Å². The van der Waals surface area contributed by atoms with E-state index >= 15 is 0 Å². The quantitative estimate of drug-likeness (QED) is 0.688.